The predicted octanol–water partition coefficient (Wildman–Crippen LogP) is 2.02. The summed E-state index contributed by atoms with van der Waals surface area (Å²) in [6.07, 6.45) is -4.21. The second kappa shape index (κ2) is 3.96. The average Bonchev–Trinajstić information content (AvgIpc) is 2.01. The first kappa shape index (κ1) is 11.0. The first-order valence-corrected chi connectivity index (χ1v) is 4.10. The molecule has 78 valence electrons. The molecule has 2 nitrogen and oxygen atoms in total. The molecule has 0 aliphatic heterocycles. The second-order valence-electron chi connectivity index (χ2n) is 3.06. The molecule has 1 aromatic heterocycles. The minimum Gasteiger partial charge on any atom is -0.393 e. The van der Waals surface area contributed by atoms with Gasteiger partial charge < -0.3 is 5.11 Å². The van der Waals surface area contributed by atoms with Crippen LogP contribution in [0.25, 0.3) is 0 Å². The first-order valence-electron chi connectivity index (χ1n) is 4.10. The van der Waals surface area contributed by atoms with E-state index >= 15 is 0 Å². The summed E-state index contributed by atoms with van der Waals surface area (Å²) in [4.78, 5) is 3.27. The third kappa shape index (κ3) is 2.70. The molecule has 0 amide bonds. The van der Waals surface area contributed by atoms with Crippen LogP contribution in [0, 0.1) is 0 Å². The lowest BCUT2D eigenvalue weighted by Crippen LogP contribution is -2.15. The standard InChI is InChI=1S/C9H10F3NO/c1-6(14)5-7-3-2-4-13-8(7)9(10,11)12/h2-4,6,14H,5H2,1H3/t6-/m0/s1. The van der Waals surface area contributed by atoms with E-state index in [-0.39, 0.29) is 12.0 Å². The van der Waals surface area contributed by atoms with Gasteiger partial charge in [0.2, 0.25) is 0 Å². The minimum absolute atomic E-state index is 0.0231. The van der Waals surface area contributed by atoms with Crippen LogP contribution in [0.3, 0.4) is 0 Å². The smallest absolute Gasteiger partial charge is 0.393 e. The van der Waals surface area contributed by atoms with Gasteiger partial charge >= 0.3 is 6.18 Å². The van der Waals surface area contributed by atoms with Crippen LogP contribution >= 0.6 is 0 Å². The Morgan fingerprint density at radius 3 is 2.64 bits per heavy atom. The molecule has 0 bridgehead atoms. The Bertz CT molecular complexity index is 309. The van der Waals surface area contributed by atoms with Crippen molar-refractivity contribution in [3.63, 3.8) is 0 Å². The molecule has 14 heavy (non-hydrogen) atoms. The summed E-state index contributed by atoms with van der Waals surface area (Å²) in [5.41, 5.74) is -0.893. The predicted molar refractivity (Wildman–Crippen MR) is 44.6 cm³/mol. The van der Waals surface area contributed by atoms with Gasteiger partial charge in [-0.1, -0.05) is 6.07 Å². The monoisotopic (exact) mass is 205 g/mol. The van der Waals surface area contributed by atoms with Crippen LogP contribution in [0.5, 0.6) is 0 Å². The molecule has 0 saturated carbocycles. The number of pyridine rings is 1. The maximum Gasteiger partial charge on any atom is 0.433 e. The van der Waals surface area contributed by atoms with Gasteiger partial charge in [0.05, 0.1) is 6.10 Å². The lowest BCUT2D eigenvalue weighted by atomic mass is 10.1. The highest BCUT2D eigenvalue weighted by atomic mass is 19.4. The van der Waals surface area contributed by atoms with Gasteiger partial charge in [-0.3, -0.25) is 4.98 Å². The number of aromatic nitrogens is 1. The van der Waals surface area contributed by atoms with Crippen molar-refractivity contribution in [1.29, 1.82) is 0 Å². The number of aliphatic hydroxyl groups is 1. The molecule has 1 atom stereocenters. The van der Waals surface area contributed by atoms with Crippen LogP contribution in [0.4, 0.5) is 13.2 Å². The highest BCUT2D eigenvalue weighted by molar-refractivity contribution is 5.22. The van der Waals surface area contributed by atoms with Crippen LogP contribution in [0.1, 0.15) is 18.2 Å². The van der Waals surface area contributed by atoms with Crippen molar-refractivity contribution in [3.05, 3.63) is 29.6 Å². The van der Waals surface area contributed by atoms with Crippen LogP contribution in [-0.4, -0.2) is 16.2 Å². The molecular weight excluding hydrogens is 195 g/mol. The summed E-state index contributed by atoms with van der Waals surface area (Å²) in [5.74, 6) is 0. The topological polar surface area (TPSA) is 33.1 Å². The van der Waals surface area contributed by atoms with Gasteiger partial charge in [-0.15, -0.1) is 0 Å². The Hall–Kier alpha value is -1.10. The van der Waals surface area contributed by atoms with Crippen molar-refractivity contribution in [2.24, 2.45) is 0 Å². The molecule has 0 fully saturated rings. The highest BCUT2D eigenvalue weighted by Gasteiger charge is 2.34. The van der Waals surface area contributed by atoms with Gasteiger partial charge in [0.15, 0.2) is 0 Å². The van der Waals surface area contributed by atoms with E-state index in [0.29, 0.717) is 0 Å². The molecule has 0 unspecified atom stereocenters. The van der Waals surface area contributed by atoms with Crippen LogP contribution < -0.4 is 0 Å². The molecule has 5 heteroatoms. The lowest BCUT2D eigenvalue weighted by molar-refractivity contribution is -0.141. The fraction of sp³-hybridized carbons (Fsp3) is 0.444. The van der Waals surface area contributed by atoms with Gasteiger partial charge in [-0.05, 0) is 18.6 Å². The largest absolute Gasteiger partial charge is 0.433 e. The third-order valence-corrected chi connectivity index (χ3v) is 1.68. The Kier molecular flexibility index (Phi) is 3.10. The summed E-state index contributed by atoms with van der Waals surface area (Å²) in [6, 6.07) is 2.75. The van der Waals surface area contributed by atoms with Crippen molar-refractivity contribution in [3.8, 4) is 0 Å². The summed E-state index contributed by atoms with van der Waals surface area (Å²) in [5, 5.41) is 9.00. The molecule has 1 aromatic rings. The number of halogens is 3. The van der Waals surface area contributed by atoms with Crippen LogP contribution in [0.15, 0.2) is 18.3 Å². The number of hydrogen-bond donors (Lipinski definition) is 1. The molecular formula is C9H10F3NO. The third-order valence-electron chi connectivity index (χ3n) is 1.68. The van der Waals surface area contributed by atoms with E-state index in [2.05, 4.69) is 4.98 Å². The summed E-state index contributed by atoms with van der Waals surface area (Å²) < 4.78 is 37.1. The first-order chi connectivity index (χ1) is 6.41. The summed E-state index contributed by atoms with van der Waals surface area (Å²) in [7, 11) is 0. The molecule has 1 heterocycles. The van der Waals surface area contributed by atoms with Gasteiger partial charge in [-0.2, -0.15) is 13.2 Å². The normalized spacial score (nSPS) is 14.1. The Balaban J connectivity index is 3.04. The van der Waals surface area contributed by atoms with Gasteiger partial charge in [-0.25, -0.2) is 0 Å². The van der Waals surface area contributed by atoms with Crippen LogP contribution in [-0.2, 0) is 12.6 Å². The van der Waals surface area contributed by atoms with Crippen molar-refractivity contribution in [2.45, 2.75) is 25.6 Å². The van der Waals surface area contributed by atoms with E-state index < -0.39 is 18.0 Å². The molecule has 1 N–H and O–H groups in total. The van der Waals surface area contributed by atoms with E-state index in [1.807, 2.05) is 0 Å². The van der Waals surface area contributed by atoms with Crippen molar-refractivity contribution in [2.75, 3.05) is 0 Å². The molecule has 0 aliphatic rings. The zero-order valence-corrected chi connectivity index (χ0v) is 7.54. The highest BCUT2D eigenvalue weighted by Crippen LogP contribution is 2.30. The van der Waals surface area contributed by atoms with Crippen LogP contribution in [0.2, 0.25) is 0 Å². The Labute approximate surface area is 79.4 Å². The van der Waals surface area contributed by atoms with Crippen molar-refractivity contribution in [1.82, 2.24) is 4.98 Å². The molecule has 0 spiro atoms. The van der Waals surface area contributed by atoms with E-state index in [1.54, 1.807) is 0 Å². The van der Waals surface area contributed by atoms with Gasteiger partial charge in [0.25, 0.3) is 0 Å². The zero-order valence-electron chi connectivity index (χ0n) is 7.54. The van der Waals surface area contributed by atoms with E-state index in [1.165, 1.54) is 19.1 Å². The molecule has 0 saturated heterocycles. The SMILES string of the molecule is C[C@H](O)Cc1cccnc1C(F)(F)F. The van der Waals surface area contributed by atoms with E-state index in [4.69, 9.17) is 5.11 Å². The maximum atomic E-state index is 12.4. The van der Waals surface area contributed by atoms with Crippen molar-refractivity contribution >= 4 is 0 Å². The van der Waals surface area contributed by atoms with Gasteiger partial charge in [0.1, 0.15) is 5.69 Å². The lowest BCUT2D eigenvalue weighted by Gasteiger charge is -2.12. The number of hydrogen-bond acceptors (Lipinski definition) is 2. The number of rotatable bonds is 2. The zero-order chi connectivity index (χ0) is 10.8. The average molecular weight is 205 g/mol. The number of nitrogens with zero attached hydrogens (tertiary/aromatic N) is 1. The fourth-order valence-electron chi connectivity index (χ4n) is 1.18. The summed E-state index contributed by atoms with van der Waals surface area (Å²) in [6.45, 7) is 1.44. The quantitative estimate of drug-likeness (QED) is 0.801. The molecule has 0 aliphatic carbocycles. The van der Waals surface area contributed by atoms with E-state index in [9.17, 15) is 13.2 Å². The van der Waals surface area contributed by atoms with Crippen molar-refractivity contribution < 1.29 is 18.3 Å². The molecule has 0 aromatic carbocycles. The summed E-state index contributed by atoms with van der Waals surface area (Å²) >= 11 is 0. The minimum atomic E-state index is -4.45. The van der Waals surface area contributed by atoms with E-state index in [0.717, 1.165) is 6.20 Å². The molecule has 1 rings (SSSR count). The Morgan fingerprint density at radius 1 is 1.50 bits per heavy atom. The fourth-order valence-corrected chi connectivity index (χ4v) is 1.18. The maximum absolute atomic E-state index is 12.4. The number of aliphatic hydroxyl groups excluding tert-OH is 1. The molecule has 0 radical (unpaired) electrons. The second-order valence-corrected chi connectivity index (χ2v) is 3.06. The number of alkyl halides is 3. The Morgan fingerprint density at radius 2 is 2.14 bits per heavy atom. The van der Waals surface area contributed by atoms with Gasteiger partial charge in [0, 0.05) is 12.6 Å².